The van der Waals surface area contributed by atoms with E-state index in [1.165, 1.54) is 24.4 Å². The van der Waals surface area contributed by atoms with Crippen molar-refractivity contribution in [3.8, 4) is 6.07 Å². The molecule has 1 aromatic heterocycles. The predicted molar refractivity (Wildman–Crippen MR) is 74.3 cm³/mol. The molecule has 0 bridgehead atoms. The first-order valence-electron chi connectivity index (χ1n) is 6.38. The molecule has 0 aliphatic carbocycles. The number of benzene rings is 1. The summed E-state index contributed by atoms with van der Waals surface area (Å²) in [6.07, 6.45) is -3.11. The van der Waals surface area contributed by atoms with Crippen LogP contribution in [-0.4, -0.2) is 16.7 Å². The largest absolute Gasteiger partial charge is 0.416 e. The smallest absolute Gasteiger partial charge is 0.359 e. The number of amides is 1. The number of carbonyl (C=O) groups is 2. The second-order valence-electron chi connectivity index (χ2n) is 4.58. The summed E-state index contributed by atoms with van der Waals surface area (Å²) in [5, 5.41) is 11.2. The number of carbonyl (C=O) groups excluding carboxylic acids is 2. The lowest BCUT2D eigenvalue weighted by Crippen LogP contribution is -2.29. The number of nitrogens with zero attached hydrogens (tertiary/aromatic N) is 1. The monoisotopic (exact) mass is 321 g/mol. The topological polar surface area (TPSA) is 85.8 Å². The van der Waals surface area contributed by atoms with Gasteiger partial charge >= 0.3 is 6.18 Å². The van der Waals surface area contributed by atoms with Crippen LogP contribution in [0, 0.1) is 17.2 Å². The van der Waals surface area contributed by atoms with E-state index >= 15 is 0 Å². The summed E-state index contributed by atoms with van der Waals surface area (Å²) in [4.78, 5) is 26.6. The molecule has 1 aromatic carbocycles. The minimum Gasteiger partial charge on any atom is -0.359 e. The van der Waals surface area contributed by atoms with Gasteiger partial charge in [0.1, 0.15) is 0 Å². The van der Waals surface area contributed by atoms with Crippen molar-refractivity contribution >= 4 is 17.4 Å². The van der Waals surface area contributed by atoms with E-state index in [-0.39, 0.29) is 11.4 Å². The molecule has 0 saturated carbocycles. The standard InChI is InChI=1S/C15H10F3N3O2/c16-15(17,18)9-3-1-4-10(7-9)21-14(23)11(8-19)13(22)12-5-2-6-20-12/h1-7,11,20H,(H,21,23). The van der Waals surface area contributed by atoms with Crippen LogP contribution < -0.4 is 5.32 Å². The van der Waals surface area contributed by atoms with Crippen molar-refractivity contribution in [1.82, 2.24) is 4.98 Å². The highest BCUT2D eigenvalue weighted by atomic mass is 19.4. The van der Waals surface area contributed by atoms with E-state index in [9.17, 15) is 22.8 Å². The molecule has 0 aliphatic rings. The van der Waals surface area contributed by atoms with E-state index in [0.29, 0.717) is 0 Å². The molecule has 0 saturated heterocycles. The molecule has 2 aromatic rings. The molecule has 2 N–H and O–H groups in total. The summed E-state index contributed by atoms with van der Waals surface area (Å²) < 4.78 is 37.9. The Labute approximate surface area is 128 Å². The summed E-state index contributed by atoms with van der Waals surface area (Å²) in [6, 6.07) is 8.40. The van der Waals surface area contributed by atoms with Crippen LogP contribution in [0.2, 0.25) is 0 Å². The molecule has 118 valence electrons. The summed E-state index contributed by atoms with van der Waals surface area (Å²) in [7, 11) is 0. The molecule has 1 heterocycles. The van der Waals surface area contributed by atoms with Crippen LogP contribution in [0.4, 0.5) is 18.9 Å². The number of Topliss-reactive ketones (excluding diaryl/α,β-unsaturated/α-hetero) is 1. The van der Waals surface area contributed by atoms with E-state index in [0.717, 1.165) is 18.2 Å². The molecule has 5 nitrogen and oxygen atoms in total. The molecule has 0 spiro atoms. The number of ketones is 1. The molecule has 23 heavy (non-hydrogen) atoms. The first-order chi connectivity index (χ1) is 10.8. The van der Waals surface area contributed by atoms with Crippen LogP contribution in [-0.2, 0) is 11.0 Å². The van der Waals surface area contributed by atoms with Gasteiger partial charge in [-0.25, -0.2) is 0 Å². The van der Waals surface area contributed by atoms with Gasteiger partial charge in [-0.1, -0.05) is 6.07 Å². The summed E-state index contributed by atoms with van der Waals surface area (Å²) in [6.45, 7) is 0. The fraction of sp³-hybridized carbons (Fsp3) is 0.133. The van der Waals surface area contributed by atoms with E-state index in [1.807, 2.05) is 0 Å². The van der Waals surface area contributed by atoms with E-state index in [4.69, 9.17) is 5.26 Å². The third-order valence-corrected chi connectivity index (χ3v) is 2.97. The van der Waals surface area contributed by atoms with Gasteiger partial charge in [0.25, 0.3) is 0 Å². The van der Waals surface area contributed by atoms with Crippen molar-refractivity contribution in [3.63, 3.8) is 0 Å². The number of nitrogens with one attached hydrogen (secondary N) is 2. The van der Waals surface area contributed by atoms with Crippen molar-refractivity contribution in [2.24, 2.45) is 5.92 Å². The van der Waals surface area contributed by atoms with Gasteiger partial charge in [-0.05, 0) is 30.3 Å². The number of halogens is 3. The SMILES string of the molecule is N#CC(C(=O)Nc1cccc(C(F)(F)F)c1)C(=O)c1ccc[nH]1. The highest BCUT2D eigenvalue weighted by Crippen LogP contribution is 2.30. The number of aromatic amines is 1. The fourth-order valence-electron chi connectivity index (χ4n) is 1.86. The summed E-state index contributed by atoms with van der Waals surface area (Å²) in [5.74, 6) is -3.42. The normalized spacial score (nSPS) is 12.3. The fourth-order valence-corrected chi connectivity index (χ4v) is 1.86. The average Bonchev–Trinajstić information content (AvgIpc) is 3.01. The molecule has 1 unspecified atom stereocenters. The van der Waals surface area contributed by atoms with Crippen molar-refractivity contribution in [2.75, 3.05) is 5.32 Å². The zero-order valence-electron chi connectivity index (χ0n) is 11.5. The number of alkyl halides is 3. The molecule has 0 aliphatic heterocycles. The maximum absolute atomic E-state index is 12.6. The van der Waals surface area contributed by atoms with Crippen LogP contribution in [0.3, 0.4) is 0 Å². The number of hydrogen-bond donors (Lipinski definition) is 2. The Kier molecular flexibility index (Phi) is 4.50. The van der Waals surface area contributed by atoms with Gasteiger partial charge in [0, 0.05) is 11.9 Å². The van der Waals surface area contributed by atoms with Crippen LogP contribution in [0.15, 0.2) is 42.6 Å². The zero-order chi connectivity index (χ0) is 17.0. The third-order valence-electron chi connectivity index (χ3n) is 2.97. The Morgan fingerprint density at radius 2 is 1.96 bits per heavy atom. The zero-order valence-corrected chi connectivity index (χ0v) is 11.5. The van der Waals surface area contributed by atoms with Gasteiger partial charge in [0.2, 0.25) is 11.7 Å². The third kappa shape index (κ3) is 3.77. The summed E-state index contributed by atoms with van der Waals surface area (Å²) >= 11 is 0. The lowest BCUT2D eigenvalue weighted by molar-refractivity contribution is -0.137. The predicted octanol–water partition coefficient (Wildman–Crippen LogP) is 2.99. The van der Waals surface area contributed by atoms with E-state index in [2.05, 4.69) is 10.3 Å². The lowest BCUT2D eigenvalue weighted by Gasteiger charge is -2.11. The number of H-pyrrole nitrogens is 1. The van der Waals surface area contributed by atoms with Gasteiger partial charge in [0.15, 0.2) is 5.92 Å². The van der Waals surface area contributed by atoms with Crippen LogP contribution >= 0.6 is 0 Å². The molecular weight excluding hydrogens is 311 g/mol. The molecule has 1 atom stereocenters. The number of nitriles is 1. The molecule has 1 amide bonds. The maximum atomic E-state index is 12.6. The van der Waals surface area contributed by atoms with Gasteiger partial charge < -0.3 is 10.3 Å². The molecule has 8 heteroatoms. The Morgan fingerprint density at radius 1 is 1.22 bits per heavy atom. The molecule has 0 fully saturated rings. The first-order valence-corrected chi connectivity index (χ1v) is 6.38. The van der Waals surface area contributed by atoms with Crippen molar-refractivity contribution in [3.05, 3.63) is 53.9 Å². The Hall–Kier alpha value is -3.08. The highest BCUT2D eigenvalue weighted by molar-refractivity contribution is 6.14. The minimum atomic E-state index is -4.56. The lowest BCUT2D eigenvalue weighted by atomic mass is 10.0. The average molecular weight is 321 g/mol. The number of rotatable bonds is 4. The van der Waals surface area contributed by atoms with Gasteiger partial charge in [-0.15, -0.1) is 0 Å². The second kappa shape index (κ2) is 6.36. The van der Waals surface area contributed by atoms with Gasteiger partial charge in [0.05, 0.1) is 17.3 Å². The van der Waals surface area contributed by atoms with E-state index in [1.54, 1.807) is 6.07 Å². The Bertz CT molecular complexity index is 761. The molecule has 0 radical (unpaired) electrons. The molecular formula is C15H10F3N3O2. The quantitative estimate of drug-likeness (QED) is 0.670. The Morgan fingerprint density at radius 3 is 2.52 bits per heavy atom. The van der Waals surface area contributed by atoms with Crippen LogP contribution in [0.25, 0.3) is 0 Å². The minimum absolute atomic E-state index is 0.0655. The van der Waals surface area contributed by atoms with Gasteiger partial charge in [-0.3, -0.25) is 9.59 Å². The van der Waals surface area contributed by atoms with Crippen LogP contribution in [0.1, 0.15) is 16.1 Å². The number of hydrogen-bond acceptors (Lipinski definition) is 3. The van der Waals surface area contributed by atoms with Crippen LogP contribution in [0.5, 0.6) is 0 Å². The number of anilines is 1. The molecule has 2 rings (SSSR count). The summed E-state index contributed by atoms with van der Waals surface area (Å²) in [5.41, 5.74) is -1.03. The van der Waals surface area contributed by atoms with E-state index < -0.39 is 29.3 Å². The maximum Gasteiger partial charge on any atom is 0.416 e. The Balaban J connectivity index is 2.18. The second-order valence-corrected chi connectivity index (χ2v) is 4.58. The van der Waals surface area contributed by atoms with Crippen molar-refractivity contribution in [1.29, 1.82) is 5.26 Å². The van der Waals surface area contributed by atoms with Crippen molar-refractivity contribution in [2.45, 2.75) is 6.18 Å². The first kappa shape index (κ1) is 16.3. The number of aromatic nitrogens is 1. The van der Waals surface area contributed by atoms with Crippen molar-refractivity contribution < 1.29 is 22.8 Å². The van der Waals surface area contributed by atoms with Gasteiger partial charge in [-0.2, -0.15) is 18.4 Å². The highest BCUT2D eigenvalue weighted by Gasteiger charge is 2.31.